The van der Waals surface area contributed by atoms with Crippen molar-refractivity contribution in [2.45, 2.75) is 16.2 Å². The Morgan fingerprint density at radius 2 is 1.47 bits per heavy atom. The lowest BCUT2D eigenvalue weighted by Gasteiger charge is -2.24. The van der Waals surface area contributed by atoms with Crippen molar-refractivity contribution >= 4 is 33.4 Å². The highest BCUT2D eigenvalue weighted by Gasteiger charge is 2.27. The number of thioether (sulfide) groups is 1. The molecule has 0 radical (unpaired) electrons. The Morgan fingerprint density at radius 3 is 2.09 bits per heavy atom. The topological polar surface area (TPSA) is 66.5 Å². The highest BCUT2D eigenvalue weighted by molar-refractivity contribution is 7.99. The first-order chi connectivity index (χ1) is 15.4. The fourth-order valence-corrected chi connectivity index (χ4v) is 5.14. The van der Waals surface area contributed by atoms with Crippen molar-refractivity contribution in [3.63, 3.8) is 0 Å². The maximum absolute atomic E-state index is 13.3. The quantitative estimate of drug-likeness (QED) is 0.347. The van der Waals surface area contributed by atoms with Crippen LogP contribution in [0.1, 0.15) is 6.42 Å². The van der Waals surface area contributed by atoms with Gasteiger partial charge in [-0.1, -0.05) is 18.2 Å². The van der Waals surface area contributed by atoms with Gasteiger partial charge in [0.15, 0.2) is 0 Å². The van der Waals surface area contributed by atoms with Crippen LogP contribution in [0.3, 0.4) is 0 Å². The molecule has 0 atom stereocenters. The fourth-order valence-electron chi connectivity index (χ4n) is 2.85. The van der Waals surface area contributed by atoms with Crippen molar-refractivity contribution in [3.8, 4) is 0 Å². The Balaban J connectivity index is 1.65. The standard InChI is InChI=1S/C23H22F2N2O3S2/c24-18-7-11-20(12-8-18)27(32(29,30)22-13-9-19(25)10-14-22)17-23(28)26-15-4-16-31-21-5-2-1-3-6-21/h1-3,5-14H,4,15-17H2,(H,26,28). The molecule has 0 aliphatic carbocycles. The van der Waals surface area contributed by atoms with Crippen LogP contribution in [0.15, 0.2) is 88.7 Å². The average Bonchev–Trinajstić information content (AvgIpc) is 2.79. The van der Waals surface area contributed by atoms with Crippen LogP contribution in [0, 0.1) is 11.6 Å². The lowest BCUT2D eigenvalue weighted by molar-refractivity contribution is -0.119. The monoisotopic (exact) mass is 476 g/mol. The van der Waals surface area contributed by atoms with Gasteiger partial charge in [0.2, 0.25) is 5.91 Å². The molecule has 0 heterocycles. The molecule has 0 aliphatic heterocycles. The third-order valence-electron chi connectivity index (χ3n) is 4.46. The predicted molar refractivity (Wildman–Crippen MR) is 122 cm³/mol. The molecule has 0 saturated heterocycles. The van der Waals surface area contributed by atoms with Gasteiger partial charge in [0.1, 0.15) is 18.2 Å². The van der Waals surface area contributed by atoms with E-state index >= 15 is 0 Å². The first kappa shape index (κ1) is 23.7. The van der Waals surface area contributed by atoms with Gasteiger partial charge in [0, 0.05) is 11.4 Å². The van der Waals surface area contributed by atoms with E-state index in [0.717, 1.165) is 51.4 Å². The third kappa shape index (κ3) is 6.54. The lowest BCUT2D eigenvalue weighted by Crippen LogP contribution is -2.41. The largest absolute Gasteiger partial charge is 0.354 e. The van der Waals surface area contributed by atoms with Crippen molar-refractivity contribution in [3.05, 3.63) is 90.5 Å². The van der Waals surface area contributed by atoms with Gasteiger partial charge in [-0.15, -0.1) is 11.8 Å². The molecule has 168 valence electrons. The summed E-state index contributed by atoms with van der Waals surface area (Å²) >= 11 is 1.66. The van der Waals surface area contributed by atoms with Gasteiger partial charge in [-0.05, 0) is 72.8 Å². The highest BCUT2D eigenvalue weighted by atomic mass is 32.2. The Hall–Kier alpha value is -2.91. The van der Waals surface area contributed by atoms with Gasteiger partial charge in [-0.25, -0.2) is 17.2 Å². The minimum Gasteiger partial charge on any atom is -0.354 e. The molecular formula is C23H22F2N2O3S2. The average molecular weight is 477 g/mol. The molecule has 9 heteroatoms. The molecule has 3 aromatic carbocycles. The number of carbonyl (C=O) groups is 1. The smallest absolute Gasteiger partial charge is 0.264 e. The summed E-state index contributed by atoms with van der Waals surface area (Å²) in [5.74, 6) is -0.818. The van der Waals surface area contributed by atoms with Gasteiger partial charge >= 0.3 is 0 Å². The van der Waals surface area contributed by atoms with Crippen LogP contribution in [0.4, 0.5) is 14.5 Å². The summed E-state index contributed by atoms with van der Waals surface area (Å²) in [5.41, 5.74) is 0.130. The maximum atomic E-state index is 13.3. The molecule has 0 aromatic heterocycles. The maximum Gasteiger partial charge on any atom is 0.264 e. The number of hydrogen-bond donors (Lipinski definition) is 1. The van der Waals surface area contributed by atoms with Crippen molar-refractivity contribution in [2.75, 3.05) is 23.1 Å². The number of rotatable bonds is 10. The summed E-state index contributed by atoms with van der Waals surface area (Å²) in [6.45, 7) is -0.107. The van der Waals surface area contributed by atoms with E-state index < -0.39 is 34.1 Å². The third-order valence-corrected chi connectivity index (χ3v) is 7.35. The summed E-state index contributed by atoms with van der Waals surface area (Å²) in [5, 5.41) is 2.72. The number of amides is 1. The van der Waals surface area contributed by atoms with Crippen molar-refractivity contribution in [2.24, 2.45) is 0 Å². The Bertz CT molecular complexity index is 1120. The molecule has 0 saturated carbocycles. The molecule has 3 aromatic rings. The molecule has 1 N–H and O–H groups in total. The Labute approximate surface area is 190 Å². The second-order valence-electron chi connectivity index (χ2n) is 6.81. The van der Waals surface area contributed by atoms with Crippen LogP contribution in [0.5, 0.6) is 0 Å². The van der Waals surface area contributed by atoms with E-state index in [1.807, 2.05) is 30.3 Å². The van der Waals surface area contributed by atoms with Crippen LogP contribution in [-0.2, 0) is 14.8 Å². The number of carbonyl (C=O) groups excluding carboxylic acids is 1. The van der Waals surface area contributed by atoms with E-state index in [2.05, 4.69) is 5.32 Å². The van der Waals surface area contributed by atoms with Crippen molar-refractivity contribution in [1.29, 1.82) is 0 Å². The summed E-state index contributed by atoms with van der Waals surface area (Å²) in [6.07, 6.45) is 0.701. The minimum absolute atomic E-state index is 0.130. The van der Waals surface area contributed by atoms with E-state index in [1.165, 1.54) is 12.1 Å². The van der Waals surface area contributed by atoms with Gasteiger partial charge in [0.25, 0.3) is 10.0 Å². The van der Waals surface area contributed by atoms with Crippen LogP contribution >= 0.6 is 11.8 Å². The van der Waals surface area contributed by atoms with Gasteiger partial charge in [-0.3, -0.25) is 9.10 Å². The Kier molecular flexibility index (Phi) is 8.24. The molecule has 0 spiro atoms. The van der Waals surface area contributed by atoms with E-state index in [-0.39, 0.29) is 10.6 Å². The first-order valence-corrected chi connectivity index (χ1v) is 12.3. The summed E-state index contributed by atoms with van der Waals surface area (Å²) < 4.78 is 53.7. The molecule has 5 nitrogen and oxygen atoms in total. The van der Waals surface area contributed by atoms with Crippen LogP contribution in [0.25, 0.3) is 0 Å². The van der Waals surface area contributed by atoms with E-state index in [0.29, 0.717) is 13.0 Å². The lowest BCUT2D eigenvalue weighted by atomic mass is 10.3. The number of benzene rings is 3. The molecular weight excluding hydrogens is 454 g/mol. The molecule has 32 heavy (non-hydrogen) atoms. The highest BCUT2D eigenvalue weighted by Crippen LogP contribution is 2.24. The van der Waals surface area contributed by atoms with E-state index in [9.17, 15) is 22.0 Å². The molecule has 0 aliphatic rings. The zero-order chi connectivity index (χ0) is 23.0. The summed E-state index contributed by atoms with van der Waals surface area (Å²) in [7, 11) is -4.17. The number of anilines is 1. The van der Waals surface area contributed by atoms with Gasteiger partial charge in [0.05, 0.1) is 10.6 Å². The van der Waals surface area contributed by atoms with Crippen LogP contribution < -0.4 is 9.62 Å². The first-order valence-electron chi connectivity index (χ1n) is 9.85. The SMILES string of the molecule is O=C(CN(c1ccc(F)cc1)S(=O)(=O)c1ccc(F)cc1)NCCCSc1ccccc1. The van der Waals surface area contributed by atoms with Crippen molar-refractivity contribution in [1.82, 2.24) is 5.32 Å². The Morgan fingerprint density at radius 1 is 0.875 bits per heavy atom. The molecule has 0 bridgehead atoms. The number of hydrogen-bond acceptors (Lipinski definition) is 4. The number of sulfonamides is 1. The number of nitrogens with zero attached hydrogens (tertiary/aromatic N) is 1. The second-order valence-corrected chi connectivity index (χ2v) is 9.84. The molecule has 0 fully saturated rings. The van der Waals surface area contributed by atoms with Crippen LogP contribution in [0.2, 0.25) is 0 Å². The number of nitrogens with one attached hydrogen (secondary N) is 1. The number of halogens is 2. The van der Waals surface area contributed by atoms with Gasteiger partial charge in [-0.2, -0.15) is 0 Å². The summed E-state index contributed by atoms with van der Waals surface area (Å²) in [6, 6.07) is 18.9. The normalized spacial score (nSPS) is 11.2. The van der Waals surface area contributed by atoms with E-state index in [4.69, 9.17) is 0 Å². The molecule has 0 unspecified atom stereocenters. The van der Waals surface area contributed by atoms with Crippen LogP contribution in [-0.4, -0.2) is 33.2 Å². The van der Waals surface area contributed by atoms with Gasteiger partial charge < -0.3 is 5.32 Å². The summed E-state index contributed by atoms with van der Waals surface area (Å²) in [4.78, 5) is 13.5. The zero-order valence-electron chi connectivity index (χ0n) is 17.1. The van der Waals surface area contributed by atoms with Crippen molar-refractivity contribution < 1.29 is 22.0 Å². The zero-order valence-corrected chi connectivity index (χ0v) is 18.7. The fraction of sp³-hybridized carbons (Fsp3) is 0.174. The van der Waals surface area contributed by atoms with E-state index in [1.54, 1.807) is 11.8 Å². The molecule has 1 amide bonds. The minimum atomic E-state index is -4.17. The molecule has 3 rings (SSSR count). The second kappa shape index (κ2) is 11.1. The predicted octanol–water partition coefficient (Wildman–Crippen LogP) is 4.46.